The van der Waals surface area contributed by atoms with Gasteiger partial charge in [0, 0.05) is 31.3 Å². The Morgan fingerprint density at radius 2 is 2.37 bits per heavy atom. The lowest BCUT2D eigenvalue weighted by molar-refractivity contribution is 0.147. The van der Waals surface area contributed by atoms with Crippen LogP contribution >= 0.6 is 11.3 Å². The summed E-state index contributed by atoms with van der Waals surface area (Å²) in [5, 5.41) is 5.42. The topological polar surface area (TPSA) is 52.0 Å². The third-order valence-electron chi connectivity index (χ3n) is 2.67. The van der Waals surface area contributed by atoms with Gasteiger partial charge in [0.1, 0.15) is 0 Å². The van der Waals surface area contributed by atoms with Crippen molar-refractivity contribution in [2.45, 2.75) is 26.8 Å². The fourth-order valence-electron chi connectivity index (χ4n) is 1.82. The van der Waals surface area contributed by atoms with Crippen molar-refractivity contribution in [1.82, 2.24) is 14.5 Å². The number of ether oxygens (including phenoxy) is 1. The molecule has 19 heavy (non-hydrogen) atoms. The second kappa shape index (κ2) is 7.25. The van der Waals surface area contributed by atoms with E-state index in [2.05, 4.69) is 25.2 Å². The molecule has 2 aromatic heterocycles. The highest BCUT2D eigenvalue weighted by molar-refractivity contribution is 7.07. The zero-order valence-electron chi connectivity index (χ0n) is 11.4. The van der Waals surface area contributed by atoms with Gasteiger partial charge in [-0.3, -0.25) is 0 Å². The van der Waals surface area contributed by atoms with Gasteiger partial charge in [-0.25, -0.2) is 9.97 Å². The molecule has 104 valence electrons. The average molecular weight is 280 g/mol. The van der Waals surface area contributed by atoms with Crippen LogP contribution in [0.3, 0.4) is 0 Å². The number of nitrogens with zero attached hydrogens (tertiary/aromatic N) is 3. The summed E-state index contributed by atoms with van der Waals surface area (Å²) in [6, 6.07) is 0. The maximum Gasteiger partial charge on any atom is 0.203 e. The molecule has 0 bridgehead atoms. The lowest BCUT2D eigenvalue weighted by atomic mass is 10.4. The van der Waals surface area contributed by atoms with E-state index in [1.54, 1.807) is 11.3 Å². The second-order valence-corrected chi connectivity index (χ2v) is 5.01. The van der Waals surface area contributed by atoms with Gasteiger partial charge in [0.15, 0.2) is 0 Å². The van der Waals surface area contributed by atoms with Gasteiger partial charge in [-0.15, -0.1) is 11.3 Å². The zero-order valence-corrected chi connectivity index (χ0v) is 12.2. The lowest BCUT2D eigenvalue weighted by Gasteiger charge is -2.08. The minimum Gasteiger partial charge on any atom is -0.382 e. The number of aryl methyl sites for hydroxylation is 1. The van der Waals surface area contributed by atoms with Crippen molar-refractivity contribution in [2.24, 2.45) is 0 Å². The van der Waals surface area contributed by atoms with Crippen LogP contribution in [-0.2, 0) is 11.3 Å². The third-order valence-corrected chi connectivity index (χ3v) is 3.30. The summed E-state index contributed by atoms with van der Waals surface area (Å²) in [5.41, 5.74) is 3.94. The summed E-state index contributed by atoms with van der Waals surface area (Å²) in [6.45, 7) is 7.21. The Morgan fingerprint density at radius 1 is 1.47 bits per heavy atom. The zero-order chi connectivity index (χ0) is 13.5. The van der Waals surface area contributed by atoms with Crippen LogP contribution in [0, 0.1) is 6.92 Å². The van der Waals surface area contributed by atoms with Crippen molar-refractivity contribution >= 4 is 17.3 Å². The molecule has 2 heterocycles. The van der Waals surface area contributed by atoms with E-state index in [1.165, 1.54) is 0 Å². The fourth-order valence-corrected chi connectivity index (χ4v) is 2.37. The smallest absolute Gasteiger partial charge is 0.203 e. The molecule has 0 aliphatic rings. The predicted octanol–water partition coefficient (Wildman–Crippen LogP) is 2.53. The normalized spacial score (nSPS) is 10.8. The molecule has 0 spiro atoms. The van der Waals surface area contributed by atoms with E-state index in [0.717, 1.165) is 50.1 Å². The molecule has 0 aliphatic carbocycles. The van der Waals surface area contributed by atoms with Crippen LogP contribution < -0.4 is 5.32 Å². The van der Waals surface area contributed by atoms with E-state index in [4.69, 9.17) is 4.74 Å². The van der Waals surface area contributed by atoms with Gasteiger partial charge < -0.3 is 14.6 Å². The van der Waals surface area contributed by atoms with Crippen molar-refractivity contribution in [3.63, 3.8) is 0 Å². The average Bonchev–Trinajstić information content (AvgIpc) is 3.00. The number of aromatic nitrogens is 3. The summed E-state index contributed by atoms with van der Waals surface area (Å²) < 4.78 is 7.42. The number of hydrogen-bond acceptors (Lipinski definition) is 5. The SMILES string of the molecule is CCOCCCNc1nc(C)cn1Cc1cscn1. The maximum absolute atomic E-state index is 5.32. The summed E-state index contributed by atoms with van der Waals surface area (Å²) in [6.07, 6.45) is 3.03. The molecule has 0 aliphatic heterocycles. The fraction of sp³-hybridized carbons (Fsp3) is 0.538. The van der Waals surface area contributed by atoms with Crippen molar-refractivity contribution in [3.05, 3.63) is 28.5 Å². The molecule has 0 radical (unpaired) electrons. The van der Waals surface area contributed by atoms with E-state index in [0.29, 0.717) is 0 Å². The van der Waals surface area contributed by atoms with Crippen molar-refractivity contribution in [2.75, 3.05) is 25.1 Å². The second-order valence-electron chi connectivity index (χ2n) is 4.29. The Labute approximate surface area is 117 Å². The lowest BCUT2D eigenvalue weighted by Crippen LogP contribution is -2.11. The molecule has 0 unspecified atom stereocenters. The van der Waals surface area contributed by atoms with Gasteiger partial charge in [-0.2, -0.15) is 0 Å². The standard InChI is InChI=1S/C13H20N4OS/c1-3-18-6-4-5-14-13-16-11(2)7-17(13)8-12-9-19-10-15-12/h7,9-10H,3-6,8H2,1-2H3,(H,14,16). The first-order chi connectivity index (χ1) is 9.29. The van der Waals surface area contributed by atoms with Crippen LogP contribution in [0.5, 0.6) is 0 Å². The van der Waals surface area contributed by atoms with E-state index in [1.807, 2.05) is 25.6 Å². The Morgan fingerprint density at radius 3 is 3.11 bits per heavy atom. The van der Waals surface area contributed by atoms with Crippen LogP contribution in [0.25, 0.3) is 0 Å². The first-order valence-electron chi connectivity index (χ1n) is 6.52. The Hall–Kier alpha value is -1.40. The number of imidazole rings is 1. The number of anilines is 1. The van der Waals surface area contributed by atoms with Gasteiger partial charge >= 0.3 is 0 Å². The van der Waals surface area contributed by atoms with E-state index in [9.17, 15) is 0 Å². The van der Waals surface area contributed by atoms with Crippen molar-refractivity contribution in [3.8, 4) is 0 Å². The van der Waals surface area contributed by atoms with E-state index >= 15 is 0 Å². The van der Waals surface area contributed by atoms with Gasteiger partial charge in [0.2, 0.25) is 5.95 Å². The molecule has 0 amide bonds. The highest BCUT2D eigenvalue weighted by atomic mass is 32.1. The van der Waals surface area contributed by atoms with Crippen LogP contribution in [0.1, 0.15) is 24.7 Å². The van der Waals surface area contributed by atoms with Crippen LogP contribution in [0.4, 0.5) is 5.95 Å². The largest absolute Gasteiger partial charge is 0.382 e. The number of nitrogens with one attached hydrogen (secondary N) is 1. The molecule has 0 saturated carbocycles. The van der Waals surface area contributed by atoms with Crippen LogP contribution in [0.15, 0.2) is 17.1 Å². The summed E-state index contributed by atoms with van der Waals surface area (Å²) in [7, 11) is 0. The molecule has 6 heteroatoms. The monoisotopic (exact) mass is 280 g/mol. The minimum atomic E-state index is 0.762. The Bertz CT molecular complexity index is 481. The van der Waals surface area contributed by atoms with Gasteiger partial charge in [0.25, 0.3) is 0 Å². The molecule has 0 atom stereocenters. The maximum atomic E-state index is 5.32. The Balaban J connectivity index is 1.89. The number of thiazole rings is 1. The minimum absolute atomic E-state index is 0.762. The first kappa shape index (κ1) is 14.0. The first-order valence-corrected chi connectivity index (χ1v) is 7.46. The molecule has 0 saturated heterocycles. The summed E-state index contributed by atoms with van der Waals surface area (Å²) >= 11 is 1.62. The molecule has 2 rings (SSSR count). The highest BCUT2D eigenvalue weighted by Gasteiger charge is 2.06. The van der Waals surface area contributed by atoms with Gasteiger partial charge in [-0.05, 0) is 20.3 Å². The number of hydrogen-bond donors (Lipinski definition) is 1. The van der Waals surface area contributed by atoms with Gasteiger partial charge in [-0.1, -0.05) is 0 Å². The quantitative estimate of drug-likeness (QED) is 0.755. The molecule has 0 aromatic carbocycles. The van der Waals surface area contributed by atoms with E-state index < -0.39 is 0 Å². The van der Waals surface area contributed by atoms with Crippen molar-refractivity contribution < 1.29 is 4.74 Å². The molecular weight excluding hydrogens is 260 g/mol. The molecule has 2 aromatic rings. The highest BCUT2D eigenvalue weighted by Crippen LogP contribution is 2.12. The van der Waals surface area contributed by atoms with Crippen LogP contribution in [-0.4, -0.2) is 34.3 Å². The third kappa shape index (κ3) is 4.33. The predicted molar refractivity (Wildman–Crippen MR) is 77.8 cm³/mol. The number of rotatable bonds is 8. The van der Waals surface area contributed by atoms with Gasteiger partial charge in [0.05, 0.1) is 23.4 Å². The summed E-state index contributed by atoms with van der Waals surface area (Å²) in [4.78, 5) is 8.80. The van der Waals surface area contributed by atoms with Crippen molar-refractivity contribution in [1.29, 1.82) is 0 Å². The Kier molecular flexibility index (Phi) is 5.35. The molecular formula is C13H20N4OS. The molecule has 5 nitrogen and oxygen atoms in total. The molecule has 1 N–H and O–H groups in total. The summed E-state index contributed by atoms with van der Waals surface area (Å²) in [5.74, 6) is 0.905. The van der Waals surface area contributed by atoms with E-state index in [-0.39, 0.29) is 0 Å². The molecule has 0 fully saturated rings. The van der Waals surface area contributed by atoms with Crippen LogP contribution in [0.2, 0.25) is 0 Å².